The first-order chi connectivity index (χ1) is 15.7. The minimum Gasteiger partial charge on any atom is -0.497 e. The lowest BCUT2D eigenvalue weighted by atomic mass is 9.96. The molecule has 1 saturated heterocycles. The number of hydrogen-bond donors (Lipinski definition) is 1. The number of carbonyl (C=O) groups is 1. The van der Waals surface area contributed by atoms with Gasteiger partial charge in [-0.15, -0.1) is 11.3 Å². The number of benzene rings is 1. The van der Waals surface area contributed by atoms with Gasteiger partial charge in [-0.3, -0.25) is 4.79 Å². The molecule has 9 heteroatoms. The second-order valence-corrected chi connectivity index (χ2v) is 8.79. The quantitative estimate of drug-likeness (QED) is 0.463. The summed E-state index contributed by atoms with van der Waals surface area (Å²) in [5, 5.41) is 10.2. The molecule has 1 aromatic carbocycles. The van der Waals surface area contributed by atoms with Crippen molar-refractivity contribution in [3.63, 3.8) is 0 Å². The molecule has 1 N–H and O–H groups in total. The molecule has 0 atom stereocenters. The standard InChI is InChI=1S/C23H29N5O3S/c1-30-19-8-6-17(7-9-19)21-26-20(31-27-21)5-3-2-4-12-24-22(29)18-10-14-28(15-11-18)23-25-13-16-32-23/h6-9,13,16,18H,2-5,10-12,14-15H2,1H3,(H,24,29). The third-order valence-corrected chi connectivity index (χ3v) is 6.57. The Morgan fingerprint density at radius 3 is 2.75 bits per heavy atom. The summed E-state index contributed by atoms with van der Waals surface area (Å²) in [4.78, 5) is 23.5. The van der Waals surface area contributed by atoms with Gasteiger partial charge in [-0.1, -0.05) is 11.6 Å². The predicted molar refractivity (Wildman–Crippen MR) is 124 cm³/mol. The van der Waals surface area contributed by atoms with Gasteiger partial charge in [0, 0.05) is 49.1 Å². The summed E-state index contributed by atoms with van der Waals surface area (Å²) in [6, 6.07) is 7.59. The molecule has 8 nitrogen and oxygen atoms in total. The molecule has 3 aromatic rings. The first kappa shape index (κ1) is 22.3. The minimum atomic E-state index is 0.112. The van der Waals surface area contributed by atoms with E-state index in [1.54, 1.807) is 18.4 Å². The average molecular weight is 456 g/mol. The molecule has 0 aliphatic carbocycles. The molecule has 0 bridgehead atoms. The van der Waals surface area contributed by atoms with Crippen LogP contribution < -0.4 is 15.0 Å². The second kappa shape index (κ2) is 11.1. The van der Waals surface area contributed by atoms with E-state index in [2.05, 4.69) is 25.3 Å². The molecule has 1 aliphatic heterocycles. The van der Waals surface area contributed by atoms with Gasteiger partial charge < -0.3 is 19.5 Å². The maximum atomic E-state index is 12.4. The summed E-state index contributed by atoms with van der Waals surface area (Å²) in [7, 11) is 1.64. The van der Waals surface area contributed by atoms with Crippen molar-refractivity contribution in [3.8, 4) is 17.1 Å². The maximum absolute atomic E-state index is 12.4. The molecular formula is C23H29N5O3S. The minimum absolute atomic E-state index is 0.112. The number of amides is 1. The first-order valence-corrected chi connectivity index (χ1v) is 12.0. The number of ether oxygens (including phenoxy) is 1. The highest BCUT2D eigenvalue weighted by Gasteiger charge is 2.25. The molecule has 32 heavy (non-hydrogen) atoms. The molecule has 170 valence electrons. The Balaban J connectivity index is 1.09. The van der Waals surface area contributed by atoms with E-state index < -0.39 is 0 Å². The Labute approximate surface area is 192 Å². The van der Waals surface area contributed by atoms with Crippen molar-refractivity contribution in [2.24, 2.45) is 5.92 Å². The summed E-state index contributed by atoms with van der Waals surface area (Å²) in [5.74, 6) is 2.33. The highest BCUT2D eigenvalue weighted by Crippen LogP contribution is 2.25. The number of aryl methyl sites for hydroxylation is 1. The fourth-order valence-electron chi connectivity index (χ4n) is 3.85. The largest absolute Gasteiger partial charge is 0.497 e. The molecule has 1 fully saturated rings. The topological polar surface area (TPSA) is 93.4 Å². The lowest BCUT2D eigenvalue weighted by Crippen LogP contribution is -2.40. The van der Waals surface area contributed by atoms with E-state index in [1.807, 2.05) is 35.8 Å². The Bertz CT molecular complexity index is 966. The predicted octanol–water partition coefficient (Wildman–Crippen LogP) is 3.95. The van der Waals surface area contributed by atoms with Crippen LogP contribution in [0.2, 0.25) is 0 Å². The van der Waals surface area contributed by atoms with E-state index in [0.29, 0.717) is 18.3 Å². The van der Waals surface area contributed by atoms with Gasteiger partial charge >= 0.3 is 0 Å². The van der Waals surface area contributed by atoms with E-state index >= 15 is 0 Å². The fourth-order valence-corrected chi connectivity index (χ4v) is 4.55. The first-order valence-electron chi connectivity index (χ1n) is 11.1. The highest BCUT2D eigenvalue weighted by atomic mass is 32.1. The van der Waals surface area contributed by atoms with Crippen LogP contribution >= 0.6 is 11.3 Å². The number of aromatic nitrogens is 3. The molecule has 3 heterocycles. The molecule has 0 spiro atoms. The zero-order valence-electron chi connectivity index (χ0n) is 18.3. The van der Waals surface area contributed by atoms with Gasteiger partial charge in [0.15, 0.2) is 5.13 Å². The van der Waals surface area contributed by atoms with Crippen molar-refractivity contribution in [1.29, 1.82) is 0 Å². The lowest BCUT2D eigenvalue weighted by molar-refractivity contribution is -0.125. The molecule has 2 aromatic heterocycles. The molecule has 0 unspecified atom stereocenters. The Morgan fingerprint density at radius 2 is 2.03 bits per heavy atom. The normalized spacial score (nSPS) is 14.5. The third-order valence-electron chi connectivity index (χ3n) is 5.74. The Hall–Kier alpha value is -2.94. The summed E-state index contributed by atoms with van der Waals surface area (Å²) < 4.78 is 10.5. The van der Waals surface area contributed by atoms with E-state index in [9.17, 15) is 4.79 Å². The monoisotopic (exact) mass is 455 g/mol. The number of carbonyl (C=O) groups excluding carboxylic acids is 1. The number of nitrogens with one attached hydrogen (secondary N) is 1. The van der Waals surface area contributed by atoms with Crippen molar-refractivity contribution in [1.82, 2.24) is 20.4 Å². The van der Waals surface area contributed by atoms with E-state index in [0.717, 1.165) is 68.1 Å². The number of nitrogens with zero attached hydrogens (tertiary/aromatic N) is 4. The Morgan fingerprint density at radius 1 is 1.22 bits per heavy atom. The summed E-state index contributed by atoms with van der Waals surface area (Å²) in [6.07, 6.45) is 7.25. The number of piperidine rings is 1. The van der Waals surface area contributed by atoms with Gasteiger partial charge in [-0.25, -0.2) is 4.98 Å². The van der Waals surface area contributed by atoms with Crippen LogP contribution in [0.15, 0.2) is 40.4 Å². The van der Waals surface area contributed by atoms with Gasteiger partial charge in [-0.2, -0.15) is 4.98 Å². The number of thiazole rings is 1. The maximum Gasteiger partial charge on any atom is 0.226 e. The number of unbranched alkanes of at least 4 members (excludes halogenated alkanes) is 2. The SMILES string of the molecule is COc1ccc(-c2noc(CCCCCNC(=O)C3CCN(c4nccs4)CC3)n2)cc1. The van der Waals surface area contributed by atoms with E-state index in [1.165, 1.54) is 0 Å². The highest BCUT2D eigenvalue weighted by molar-refractivity contribution is 7.13. The van der Waals surface area contributed by atoms with Gasteiger partial charge in [0.05, 0.1) is 7.11 Å². The van der Waals surface area contributed by atoms with Gasteiger partial charge in [0.25, 0.3) is 0 Å². The van der Waals surface area contributed by atoms with Crippen molar-refractivity contribution in [2.75, 3.05) is 31.6 Å². The number of rotatable bonds is 10. The van der Waals surface area contributed by atoms with Gasteiger partial charge in [-0.05, 0) is 49.9 Å². The number of hydrogen-bond acceptors (Lipinski definition) is 8. The molecular weight excluding hydrogens is 426 g/mol. The number of anilines is 1. The molecule has 1 aliphatic rings. The van der Waals surface area contributed by atoms with Crippen molar-refractivity contribution < 1.29 is 14.1 Å². The fraction of sp³-hybridized carbons (Fsp3) is 0.478. The molecule has 0 saturated carbocycles. The lowest BCUT2D eigenvalue weighted by Gasteiger charge is -2.31. The van der Waals surface area contributed by atoms with Crippen LogP contribution in [0.1, 0.15) is 38.0 Å². The smallest absolute Gasteiger partial charge is 0.226 e. The van der Waals surface area contributed by atoms with Crippen molar-refractivity contribution in [3.05, 3.63) is 41.7 Å². The van der Waals surface area contributed by atoms with Crippen LogP contribution in [0.5, 0.6) is 5.75 Å². The van der Waals surface area contributed by atoms with Crippen LogP contribution in [0.25, 0.3) is 11.4 Å². The van der Waals surface area contributed by atoms with E-state index in [4.69, 9.17) is 9.26 Å². The van der Waals surface area contributed by atoms with Gasteiger partial charge in [0.1, 0.15) is 5.75 Å². The zero-order chi connectivity index (χ0) is 22.2. The summed E-state index contributed by atoms with van der Waals surface area (Å²) in [6.45, 7) is 2.51. The molecule has 0 radical (unpaired) electrons. The van der Waals surface area contributed by atoms with Crippen LogP contribution in [0.4, 0.5) is 5.13 Å². The van der Waals surface area contributed by atoms with Crippen LogP contribution in [0, 0.1) is 5.92 Å². The molecule has 1 amide bonds. The zero-order valence-corrected chi connectivity index (χ0v) is 19.1. The van der Waals surface area contributed by atoms with Crippen LogP contribution in [0.3, 0.4) is 0 Å². The van der Waals surface area contributed by atoms with Crippen molar-refractivity contribution >= 4 is 22.4 Å². The van der Waals surface area contributed by atoms with Gasteiger partial charge in [0.2, 0.25) is 17.6 Å². The summed E-state index contributed by atoms with van der Waals surface area (Å²) >= 11 is 1.65. The summed E-state index contributed by atoms with van der Waals surface area (Å²) in [5.41, 5.74) is 0.904. The number of methoxy groups -OCH3 is 1. The van der Waals surface area contributed by atoms with Crippen LogP contribution in [-0.4, -0.2) is 47.8 Å². The van der Waals surface area contributed by atoms with Crippen LogP contribution in [-0.2, 0) is 11.2 Å². The second-order valence-electron chi connectivity index (χ2n) is 7.92. The third kappa shape index (κ3) is 5.85. The van der Waals surface area contributed by atoms with Crippen molar-refractivity contribution in [2.45, 2.75) is 38.5 Å². The molecule has 4 rings (SSSR count). The van der Waals surface area contributed by atoms with E-state index in [-0.39, 0.29) is 11.8 Å². The Kier molecular flexibility index (Phi) is 7.71. The average Bonchev–Trinajstić information content (AvgIpc) is 3.54.